The van der Waals surface area contributed by atoms with Gasteiger partial charge >= 0.3 is 6.18 Å². The molecule has 4 nitrogen and oxygen atoms in total. The maximum Gasteiger partial charge on any atom is 0.416 e. The van der Waals surface area contributed by atoms with E-state index < -0.39 is 47.8 Å². The number of carbonyl (C=O) groups excluding carboxylic acids is 2. The van der Waals surface area contributed by atoms with Crippen LogP contribution >= 0.6 is 0 Å². The van der Waals surface area contributed by atoms with Gasteiger partial charge in [-0.2, -0.15) is 13.2 Å². The van der Waals surface area contributed by atoms with Gasteiger partial charge in [-0.05, 0) is 48.9 Å². The number of benzene rings is 2. The third-order valence-corrected chi connectivity index (χ3v) is 3.71. The molecule has 0 saturated carbocycles. The van der Waals surface area contributed by atoms with E-state index >= 15 is 0 Å². The molecule has 0 aromatic heterocycles. The highest BCUT2D eigenvalue weighted by Gasteiger charge is 2.30. The molecule has 0 aliphatic rings. The van der Waals surface area contributed by atoms with E-state index in [0.29, 0.717) is 5.56 Å². The lowest BCUT2D eigenvalue weighted by Gasteiger charge is -2.15. The van der Waals surface area contributed by atoms with Gasteiger partial charge in [0.15, 0.2) is 11.6 Å². The predicted octanol–water partition coefficient (Wildman–Crippen LogP) is 3.59. The van der Waals surface area contributed by atoms with Crippen molar-refractivity contribution in [1.82, 2.24) is 10.6 Å². The monoisotopic (exact) mass is 386 g/mol. The Kier molecular flexibility index (Phi) is 6.14. The zero-order valence-corrected chi connectivity index (χ0v) is 14.0. The largest absolute Gasteiger partial charge is 0.416 e. The highest BCUT2D eigenvalue weighted by atomic mass is 19.4. The van der Waals surface area contributed by atoms with Gasteiger partial charge in [0.25, 0.3) is 5.91 Å². The molecule has 2 aromatic carbocycles. The van der Waals surface area contributed by atoms with Crippen molar-refractivity contribution in [2.45, 2.75) is 19.1 Å². The lowest BCUT2D eigenvalue weighted by Crippen LogP contribution is -2.38. The number of amides is 2. The summed E-state index contributed by atoms with van der Waals surface area (Å²) in [5.74, 6) is -3.39. The van der Waals surface area contributed by atoms with Crippen LogP contribution in [0, 0.1) is 11.6 Å². The van der Waals surface area contributed by atoms with E-state index in [1.165, 1.54) is 6.07 Å². The molecule has 0 saturated heterocycles. The van der Waals surface area contributed by atoms with Crippen LogP contribution in [0.4, 0.5) is 22.0 Å². The van der Waals surface area contributed by atoms with Crippen LogP contribution in [0.5, 0.6) is 0 Å². The maximum atomic E-state index is 13.2. The van der Waals surface area contributed by atoms with E-state index in [1.54, 1.807) is 6.92 Å². The van der Waals surface area contributed by atoms with Crippen LogP contribution in [-0.4, -0.2) is 18.4 Å². The molecule has 0 unspecified atom stereocenters. The molecule has 27 heavy (non-hydrogen) atoms. The van der Waals surface area contributed by atoms with Crippen molar-refractivity contribution >= 4 is 11.8 Å². The second-order valence-corrected chi connectivity index (χ2v) is 5.72. The van der Waals surface area contributed by atoms with Gasteiger partial charge in [-0.1, -0.05) is 6.07 Å². The van der Waals surface area contributed by atoms with Crippen LogP contribution in [0.3, 0.4) is 0 Å². The quantitative estimate of drug-likeness (QED) is 0.772. The van der Waals surface area contributed by atoms with Crippen LogP contribution in [-0.2, 0) is 11.0 Å². The molecule has 2 amide bonds. The van der Waals surface area contributed by atoms with Crippen LogP contribution in [0.25, 0.3) is 0 Å². The Morgan fingerprint density at radius 1 is 1.00 bits per heavy atom. The summed E-state index contributed by atoms with van der Waals surface area (Å²) in [6.45, 7) is 1.11. The minimum atomic E-state index is -4.51. The molecule has 0 bridgehead atoms. The van der Waals surface area contributed by atoms with Gasteiger partial charge in [-0.15, -0.1) is 0 Å². The smallest absolute Gasteiger partial charge is 0.348 e. The number of hydrogen-bond donors (Lipinski definition) is 2. The van der Waals surface area contributed by atoms with Crippen molar-refractivity contribution in [1.29, 1.82) is 0 Å². The lowest BCUT2D eigenvalue weighted by atomic mass is 10.1. The molecule has 0 radical (unpaired) electrons. The Morgan fingerprint density at radius 3 is 2.19 bits per heavy atom. The Hall–Kier alpha value is -2.97. The number of carbonyl (C=O) groups is 2. The molecule has 9 heteroatoms. The first-order valence-electron chi connectivity index (χ1n) is 7.77. The third-order valence-electron chi connectivity index (χ3n) is 3.71. The molecule has 1 atom stereocenters. The zero-order chi connectivity index (χ0) is 20.2. The van der Waals surface area contributed by atoms with Gasteiger partial charge in [0.1, 0.15) is 0 Å². The molecule has 0 aliphatic heterocycles. The standard InChI is InChI=1S/C18H15F5N2O2/c1-10(12-4-7-14(19)15(20)8-12)25-16(26)9-24-17(27)11-2-5-13(6-3-11)18(21,22)23/h2-8,10H,9H2,1H3,(H,24,27)(H,25,26)/t10-/m0/s1. The summed E-state index contributed by atoms with van der Waals surface area (Å²) >= 11 is 0. The van der Waals surface area contributed by atoms with E-state index in [1.807, 2.05) is 0 Å². The van der Waals surface area contributed by atoms with Crippen molar-refractivity contribution in [3.8, 4) is 0 Å². The average Bonchev–Trinajstić information content (AvgIpc) is 2.61. The topological polar surface area (TPSA) is 58.2 Å². The van der Waals surface area contributed by atoms with E-state index in [2.05, 4.69) is 10.6 Å². The maximum absolute atomic E-state index is 13.2. The lowest BCUT2D eigenvalue weighted by molar-refractivity contribution is -0.137. The van der Waals surface area contributed by atoms with Gasteiger partial charge in [-0.25, -0.2) is 8.78 Å². The number of alkyl halides is 3. The first-order valence-corrected chi connectivity index (χ1v) is 7.77. The normalized spacial score (nSPS) is 12.4. The summed E-state index contributed by atoms with van der Waals surface area (Å²) in [6, 6.07) is 6.07. The molecule has 0 aliphatic carbocycles. The van der Waals surface area contributed by atoms with E-state index in [-0.39, 0.29) is 5.56 Å². The summed E-state index contributed by atoms with van der Waals surface area (Å²) in [5.41, 5.74) is -0.599. The molecule has 2 aromatic rings. The summed E-state index contributed by atoms with van der Waals surface area (Å²) in [7, 11) is 0. The number of rotatable bonds is 5. The summed E-state index contributed by atoms with van der Waals surface area (Å²) in [4.78, 5) is 23.7. The minimum Gasteiger partial charge on any atom is -0.348 e. The van der Waals surface area contributed by atoms with Crippen LogP contribution in [0.2, 0.25) is 0 Å². The summed E-state index contributed by atoms with van der Waals surface area (Å²) in [5, 5.41) is 4.76. The van der Waals surface area contributed by atoms with Gasteiger partial charge in [0, 0.05) is 5.56 Å². The first-order chi connectivity index (χ1) is 12.6. The first kappa shape index (κ1) is 20.3. The van der Waals surface area contributed by atoms with Crippen LogP contribution in [0.15, 0.2) is 42.5 Å². The second kappa shape index (κ2) is 8.15. The van der Waals surface area contributed by atoms with E-state index in [9.17, 15) is 31.5 Å². The second-order valence-electron chi connectivity index (χ2n) is 5.72. The molecular weight excluding hydrogens is 371 g/mol. The molecule has 2 rings (SSSR count). The number of nitrogens with one attached hydrogen (secondary N) is 2. The Labute approximate surface area is 151 Å². The van der Waals surface area contributed by atoms with Crippen molar-refractivity contribution in [2.75, 3.05) is 6.54 Å². The van der Waals surface area contributed by atoms with Crippen molar-refractivity contribution in [3.63, 3.8) is 0 Å². The predicted molar refractivity (Wildman–Crippen MR) is 86.7 cm³/mol. The minimum absolute atomic E-state index is 0.0375. The molecule has 144 valence electrons. The Morgan fingerprint density at radius 2 is 1.63 bits per heavy atom. The van der Waals surface area contributed by atoms with Crippen molar-refractivity contribution < 1.29 is 31.5 Å². The molecule has 2 N–H and O–H groups in total. The van der Waals surface area contributed by atoms with Gasteiger partial charge in [0.2, 0.25) is 5.91 Å². The number of hydrogen-bond acceptors (Lipinski definition) is 2. The fraction of sp³-hybridized carbons (Fsp3) is 0.222. The molecular formula is C18H15F5N2O2. The van der Waals surface area contributed by atoms with Crippen molar-refractivity contribution in [3.05, 3.63) is 70.8 Å². The Bertz CT molecular complexity index is 835. The summed E-state index contributed by atoms with van der Waals surface area (Å²) < 4.78 is 63.6. The highest BCUT2D eigenvalue weighted by Crippen LogP contribution is 2.29. The average molecular weight is 386 g/mol. The van der Waals surface area contributed by atoms with E-state index in [0.717, 1.165) is 36.4 Å². The van der Waals surface area contributed by atoms with Crippen molar-refractivity contribution in [2.24, 2.45) is 0 Å². The fourth-order valence-corrected chi connectivity index (χ4v) is 2.23. The van der Waals surface area contributed by atoms with E-state index in [4.69, 9.17) is 0 Å². The number of halogens is 5. The van der Waals surface area contributed by atoms with Crippen LogP contribution in [0.1, 0.15) is 34.5 Å². The zero-order valence-electron chi connectivity index (χ0n) is 14.0. The molecule has 0 spiro atoms. The molecule has 0 heterocycles. The van der Waals surface area contributed by atoms with Gasteiger partial charge < -0.3 is 10.6 Å². The van der Waals surface area contributed by atoms with Crippen LogP contribution < -0.4 is 10.6 Å². The molecule has 0 fully saturated rings. The fourth-order valence-electron chi connectivity index (χ4n) is 2.23. The third kappa shape index (κ3) is 5.50. The Balaban J connectivity index is 1.89. The van der Waals surface area contributed by atoms with Gasteiger partial charge in [-0.3, -0.25) is 9.59 Å². The SMILES string of the molecule is C[C@H](NC(=O)CNC(=O)c1ccc(C(F)(F)F)cc1)c1ccc(F)c(F)c1. The van der Waals surface area contributed by atoms with Gasteiger partial charge in [0.05, 0.1) is 18.2 Å². The summed E-state index contributed by atoms with van der Waals surface area (Å²) in [6.07, 6.45) is -4.51. The highest BCUT2D eigenvalue weighted by molar-refractivity contribution is 5.96.